The van der Waals surface area contributed by atoms with Crippen LogP contribution in [0.1, 0.15) is 70.6 Å². The maximum atomic E-state index is 14.1. The van der Waals surface area contributed by atoms with Crippen molar-refractivity contribution in [3.05, 3.63) is 40.9 Å². The topological polar surface area (TPSA) is 159 Å². The summed E-state index contributed by atoms with van der Waals surface area (Å²) < 4.78 is 42.9. The lowest BCUT2D eigenvalue weighted by molar-refractivity contribution is -0.372. The molecular weight excluding hydrogens is 670 g/mol. The van der Waals surface area contributed by atoms with Crippen molar-refractivity contribution in [2.24, 2.45) is 5.92 Å². The van der Waals surface area contributed by atoms with Crippen LogP contribution < -0.4 is 10.6 Å². The van der Waals surface area contributed by atoms with E-state index in [0.29, 0.717) is 23.7 Å². The van der Waals surface area contributed by atoms with Gasteiger partial charge in [-0.2, -0.15) is 8.42 Å². The van der Waals surface area contributed by atoms with Gasteiger partial charge in [-0.15, -0.1) is 0 Å². The molecular formula is C31H39BrN3O9S+. The third-order valence-corrected chi connectivity index (χ3v) is 10.9. The Morgan fingerprint density at radius 3 is 2.47 bits per heavy atom. The lowest BCUT2D eigenvalue weighted by Gasteiger charge is -2.29. The molecule has 3 amide bonds. The molecule has 5 rings (SSSR count). The molecule has 45 heavy (non-hydrogen) atoms. The van der Waals surface area contributed by atoms with Crippen LogP contribution in [0, 0.1) is 5.92 Å². The van der Waals surface area contributed by atoms with Crippen molar-refractivity contribution in [2.45, 2.75) is 105 Å². The molecule has 2 aliphatic carbocycles. The lowest BCUT2D eigenvalue weighted by Crippen LogP contribution is -2.56. The predicted octanol–water partition coefficient (Wildman–Crippen LogP) is 3.45. The van der Waals surface area contributed by atoms with E-state index < -0.39 is 57.7 Å². The molecule has 2 saturated carbocycles. The van der Waals surface area contributed by atoms with E-state index in [0.717, 1.165) is 44.9 Å². The number of nitrogens with zero attached hydrogens (tertiary/aromatic N) is 1. The van der Waals surface area contributed by atoms with Crippen LogP contribution in [-0.2, 0) is 37.8 Å². The summed E-state index contributed by atoms with van der Waals surface area (Å²) >= 11 is 3.28. The largest absolute Gasteiger partial charge is 0.605 e. The Morgan fingerprint density at radius 2 is 1.76 bits per heavy atom. The first-order chi connectivity index (χ1) is 21.5. The smallest absolute Gasteiger partial charge is 0.446 e. The molecule has 1 aromatic carbocycles. The average Bonchev–Trinajstić information content (AvgIpc) is 3.29. The van der Waals surface area contributed by atoms with Crippen LogP contribution in [0.4, 0.5) is 4.79 Å². The summed E-state index contributed by atoms with van der Waals surface area (Å²) in [6.45, 7) is 3.01. The van der Waals surface area contributed by atoms with Gasteiger partial charge in [-0.3, -0.25) is 18.2 Å². The Balaban J connectivity index is 1.41. The number of allylic oxidation sites excluding steroid dienone is 1. The van der Waals surface area contributed by atoms with Gasteiger partial charge < -0.3 is 20.3 Å². The molecule has 0 spiro atoms. The first kappa shape index (κ1) is 33.3. The molecule has 0 bridgehead atoms. The molecule has 2 N–H and O–H groups in total. The van der Waals surface area contributed by atoms with Crippen LogP contribution in [0.25, 0.3) is 0 Å². The number of nitrogens with one attached hydrogen (secondary N) is 2. The zero-order chi connectivity index (χ0) is 32.2. The molecule has 1 unspecified atom stereocenters. The number of halogens is 1. The van der Waals surface area contributed by atoms with Crippen LogP contribution >= 0.6 is 15.9 Å². The van der Waals surface area contributed by atoms with Gasteiger partial charge in [0.1, 0.15) is 18.2 Å². The van der Waals surface area contributed by atoms with E-state index in [9.17, 15) is 27.6 Å². The van der Waals surface area contributed by atoms with E-state index in [2.05, 4.69) is 33.4 Å². The summed E-state index contributed by atoms with van der Waals surface area (Å²) in [5.41, 5.74) is -1.34. The van der Waals surface area contributed by atoms with Gasteiger partial charge in [0.15, 0.2) is 6.79 Å². The molecule has 14 heteroatoms. The van der Waals surface area contributed by atoms with Crippen molar-refractivity contribution < 1.29 is 40.9 Å². The highest BCUT2D eigenvalue weighted by Gasteiger charge is 2.68. The number of hydrogen-bond acceptors (Lipinski definition) is 8. The Hall–Kier alpha value is -3.10. The van der Waals surface area contributed by atoms with Gasteiger partial charge in [0.25, 0.3) is 10.1 Å². The standard InChI is InChI=1S/C31H38BrN3O9S/c1-42-29(38)31-18-20(31)9-5-3-2-4-6-12-25(33-30(39)43-22-10-7-8-11-22)28(37)35-19-23(17-26(35)27(36)34-31)44-45(40,41)24-15-13-21(32)14-16-24/h5,9,13-16,20,22-23,25-26H,1-4,6-8,10-12,17-19H2,(H-,33,34,36,39)/p+1/b9-5-/t20?,23-,25+,26+,31-/m1/s1. The Morgan fingerprint density at radius 1 is 1.04 bits per heavy atom. The monoisotopic (exact) mass is 708 g/mol. The highest BCUT2D eigenvalue weighted by Crippen LogP contribution is 2.46. The number of benzene rings is 1. The summed E-state index contributed by atoms with van der Waals surface area (Å²) in [4.78, 5) is 54.8. The summed E-state index contributed by atoms with van der Waals surface area (Å²) in [5.74, 6) is -2.22. The Kier molecular flexibility index (Phi) is 10.4. The second-order valence-electron chi connectivity index (χ2n) is 12.1. The normalized spacial score (nSPS) is 30.2. The Bertz CT molecular complexity index is 1440. The number of alkyl carbamates (subject to hydrolysis) is 1. The van der Waals surface area contributed by atoms with Gasteiger partial charge in [-0.1, -0.05) is 40.9 Å². The van der Waals surface area contributed by atoms with E-state index in [-0.39, 0.29) is 29.9 Å². The molecule has 1 saturated heterocycles. The minimum Gasteiger partial charge on any atom is -0.446 e. The number of amides is 3. The number of rotatable bonds is 6. The second kappa shape index (κ2) is 14.1. The zero-order valence-corrected chi connectivity index (χ0v) is 27.4. The molecule has 5 atom stereocenters. The summed E-state index contributed by atoms with van der Waals surface area (Å²) in [6.07, 6.45) is 8.76. The van der Waals surface area contributed by atoms with Crippen LogP contribution in [0.15, 0.2) is 45.8 Å². The fourth-order valence-corrected chi connectivity index (χ4v) is 7.76. The molecule has 12 nitrogen and oxygen atoms in total. The summed E-state index contributed by atoms with van der Waals surface area (Å²) in [6, 6.07) is 3.71. The molecule has 2 heterocycles. The molecule has 244 valence electrons. The molecule has 2 aliphatic heterocycles. The van der Waals surface area contributed by atoms with Crippen molar-refractivity contribution in [3.63, 3.8) is 0 Å². The fraction of sp³-hybridized carbons (Fsp3) is 0.581. The highest BCUT2D eigenvalue weighted by molar-refractivity contribution is 9.10. The van der Waals surface area contributed by atoms with E-state index in [4.69, 9.17) is 13.3 Å². The van der Waals surface area contributed by atoms with Gasteiger partial charge in [0.2, 0.25) is 17.4 Å². The molecule has 3 fully saturated rings. The van der Waals surface area contributed by atoms with E-state index >= 15 is 0 Å². The van der Waals surface area contributed by atoms with Gasteiger partial charge >= 0.3 is 12.1 Å². The summed E-state index contributed by atoms with van der Waals surface area (Å²) in [5, 5.41) is 5.50. The van der Waals surface area contributed by atoms with Gasteiger partial charge in [-0.25, -0.2) is 4.79 Å². The average molecular weight is 710 g/mol. The third kappa shape index (κ3) is 7.83. The number of carbonyl (C=O) groups is 4. The SMILES string of the molecule is C=[O+]C(=O)[C@@]12CC1/C=C\CCCCC[C@H](NC(=O)OC1CCCC1)C(=O)N1C[C@H](OS(=O)(=O)c3ccc(Br)cc3)C[C@H]1C(=O)N2. The zero-order valence-electron chi connectivity index (χ0n) is 25.0. The fourth-order valence-electron chi connectivity index (χ4n) is 6.42. The van der Waals surface area contributed by atoms with E-state index in [1.807, 2.05) is 12.2 Å². The highest BCUT2D eigenvalue weighted by atomic mass is 79.9. The predicted molar refractivity (Wildman–Crippen MR) is 165 cm³/mol. The van der Waals surface area contributed by atoms with Crippen LogP contribution in [0.2, 0.25) is 0 Å². The number of fused-ring (bicyclic) bond motifs is 2. The van der Waals surface area contributed by atoms with E-state index in [1.165, 1.54) is 17.0 Å². The third-order valence-electron chi connectivity index (χ3n) is 8.97. The van der Waals surface area contributed by atoms with Crippen molar-refractivity contribution in [2.75, 3.05) is 6.54 Å². The first-order valence-electron chi connectivity index (χ1n) is 15.4. The number of hydrogen-bond donors (Lipinski definition) is 2. The first-order valence-corrected chi connectivity index (χ1v) is 17.6. The number of ether oxygens (including phenoxy) is 1. The molecule has 4 aliphatic rings. The van der Waals surface area contributed by atoms with Crippen molar-refractivity contribution >= 4 is 56.7 Å². The number of carbonyl (C=O) groups excluding carboxylic acids is 5. The quantitative estimate of drug-likeness (QED) is 0.258. The maximum Gasteiger partial charge on any atom is 0.605 e. The van der Waals surface area contributed by atoms with Crippen molar-refractivity contribution in [1.82, 2.24) is 15.5 Å². The van der Waals surface area contributed by atoms with Crippen molar-refractivity contribution in [3.8, 4) is 0 Å². The van der Waals surface area contributed by atoms with Crippen molar-refractivity contribution in [1.29, 1.82) is 0 Å². The molecule has 0 aromatic heterocycles. The minimum absolute atomic E-state index is 0.0788. The minimum atomic E-state index is -4.25. The molecule has 0 radical (unpaired) electrons. The van der Waals surface area contributed by atoms with E-state index in [1.54, 1.807) is 12.1 Å². The maximum absolute atomic E-state index is 14.1. The van der Waals surface area contributed by atoms with Gasteiger partial charge in [-0.05, 0) is 75.6 Å². The van der Waals surface area contributed by atoms with Gasteiger partial charge in [0.05, 0.1) is 15.8 Å². The van der Waals surface area contributed by atoms with Crippen LogP contribution in [0.5, 0.6) is 0 Å². The second-order valence-corrected chi connectivity index (χ2v) is 14.6. The Labute approximate surface area is 271 Å². The molecule has 1 aromatic rings. The lowest BCUT2D eigenvalue weighted by atomic mass is 10.0. The van der Waals surface area contributed by atoms with Gasteiger partial charge in [0, 0.05) is 23.4 Å². The summed E-state index contributed by atoms with van der Waals surface area (Å²) in [7, 11) is -4.25. The van der Waals surface area contributed by atoms with Crippen LogP contribution in [0.3, 0.4) is 0 Å². The van der Waals surface area contributed by atoms with Crippen LogP contribution in [-0.4, -0.2) is 80.4 Å².